The van der Waals surface area contributed by atoms with E-state index >= 15 is 0 Å². The average molecular weight is 298 g/mol. The smallest absolute Gasteiger partial charge is 0.305 e. The first-order valence-corrected chi connectivity index (χ1v) is 7.79. The summed E-state index contributed by atoms with van der Waals surface area (Å²) in [6.07, 6.45) is 6.25. The van der Waals surface area contributed by atoms with Crippen LogP contribution in [0.2, 0.25) is 0 Å². The molecular weight excluding hydrogens is 272 g/mol. The van der Waals surface area contributed by atoms with Crippen molar-refractivity contribution in [1.82, 2.24) is 10.2 Å². The number of carboxylic acids is 1. The highest BCUT2D eigenvalue weighted by Gasteiger charge is 2.18. The van der Waals surface area contributed by atoms with E-state index in [4.69, 9.17) is 5.11 Å². The molecule has 120 valence electrons. The summed E-state index contributed by atoms with van der Waals surface area (Å²) in [6, 6.07) is 0. The summed E-state index contributed by atoms with van der Waals surface area (Å²) >= 11 is 0. The number of carboxylic acid groups (broad SMARTS) is 1. The Morgan fingerprint density at radius 2 is 1.86 bits per heavy atom. The van der Waals surface area contributed by atoms with Gasteiger partial charge in [-0.2, -0.15) is 0 Å². The predicted molar refractivity (Wildman–Crippen MR) is 78.7 cm³/mol. The zero-order chi connectivity index (χ0) is 15.7. The fraction of sp³-hybridized carbons (Fsp3) is 0.800. The molecular formula is C15H26N2O4. The van der Waals surface area contributed by atoms with Crippen molar-refractivity contribution in [2.24, 2.45) is 5.92 Å². The number of nitrogens with zero attached hydrogens (tertiary/aromatic N) is 1. The maximum atomic E-state index is 11.9. The highest BCUT2D eigenvalue weighted by Crippen LogP contribution is 2.25. The lowest BCUT2D eigenvalue weighted by Gasteiger charge is -2.22. The maximum absolute atomic E-state index is 11.9. The largest absolute Gasteiger partial charge is 0.481 e. The summed E-state index contributed by atoms with van der Waals surface area (Å²) in [5.41, 5.74) is 0. The van der Waals surface area contributed by atoms with Gasteiger partial charge in [-0.25, -0.2) is 0 Å². The molecule has 1 rings (SSSR count). The summed E-state index contributed by atoms with van der Waals surface area (Å²) in [6.45, 7) is 2.39. The van der Waals surface area contributed by atoms with Gasteiger partial charge in [0.05, 0.1) is 13.0 Å². The van der Waals surface area contributed by atoms with E-state index in [1.54, 1.807) is 6.92 Å². The van der Waals surface area contributed by atoms with Crippen LogP contribution in [0, 0.1) is 5.92 Å². The van der Waals surface area contributed by atoms with Crippen molar-refractivity contribution >= 4 is 17.8 Å². The van der Waals surface area contributed by atoms with Gasteiger partial charge in [0.25, 0.3) is 0 Å². The fourth-order valence-corrected chi connectivity index (χ4v) is 2.70. The zero-order valence-electron chi connectivity index (χ0n) is 12.8. The van der Waals surface area contributed by atoms with Gasteiger partial charge in [-0.3, -0.25) is 14.4 Å². The molecule has 0 aromatic carbocycles. The number of hydrogen-bond donors (Lipinski definition) is 2. The molecule has 0 saturated heterocycles. The van der Waals surface area contributed by atoms with Crippen LogP contribution in [0.25, 0.3) is 0 Å². The van der Waals surface area contributed by atoms with Crippen LogP contribution < -0.4 is 5.32 Å². The van der Waals surface area contributed by atoms with E-state index in [-0.39, 0.29) is 31.3 Å². The monoisotopic (exact) mass is 298 g/mol. The molecule has 6 heteroatoms. The van der Waals surface area contributed by atoms with Crippen molar-refractivity contribution in [1.29, 1.82) is 0 Å². The molecule has 1 saturated carbocycles. The second-order valence-electron chi connectivity index (χ2n) is 5.60. The number of aliphatic carboxylic acids is 1. The van der Waals surface area contributed by atoms with Crippen molar-refractivity contribution in [3.8, 4) is 0 Å². The molecule has 0 bridgehead atoms. The Bertz CT molecular complexity index is 365. The summed E-state index contributed by atoms with van der Waals surface area (Å²) in [7, 11) is 0. The van der Waals surface area contributed by atoms with E-state index in [2.05, 4.69) is 5.32 Å². The van der Waals surface area contributed by atoms with Gasteiger partial charge in [0.15, 0.2) is 0 Å². The van der Waals surface area contributed by atoms with Crippen LogP contribution in [0.5, 0.6) is 0 Å². The highest BCUT2D eigenvalue weighted by atomic mass is 16.4. The van der Waals surface area contributed by atoms with Crippen LogP contribution >= 0.6 is 0 Å². The first kappa shape index (κ1) is 17.5. The summed E-state index contributed by atoms with van der Waals surface area (Å²) in [5, 5.41) is 11.3. The van der Waals surface area contributed by atoms with Crippen LogP contribution in [-0.2, 0) is 14.4 Å². The third-order valence-corrected chi connectivity index (χ3v) is 3.97. The third-order valence-electron chi connectivity index (χ3n) is 3.97. The minimum absolute atomic E-state index is 0.0426. The zero-order valence-corrected chi connectivity index (χ0v) is 12.8. The molecule has 1 fully saturated rings. The Morgan fingerprint density at radius 3 is 2.43 bits per heavy atom. The molecule has 0 unspecified atom stereocenters. The molecule has 0 radical (unpaired) electrons. The SMILES string of the molecule is CCN(CCC(=O)O)C(=O)CNC(=O)CC1CCCCC1. The number of hydrogen-bond acceptors (Lipinski definition) is 3. The van der Waals surface area contributed by atoms with Gasteiger partial charge in [0.1, 0.15) is 0 Å². The molecule has 6 nitrogen and oxygen atoms in total. The van der Waals surface area contributed by atoms with Gasteiger partial charge in [-0.15, -0.1) is 0 Å². The number of amides is 2. The van der Waals surface area contributed by atoms with Gasteiger partial charge in [0.2, 0.25) is 11.8 Å². The van der Waals surface area contributed by atoms with Crippen molar-refractivity contribution in [3.05, 3.63) is 0 Å². The maximum Gasteiger partial charge on any atom is 0.305 e. The molecule has 2 N–H and O–H groups in total. The van der Waals surface area contributed by atoms with Gasteiger partial charge >= 0.3 is 5.97 Å². The number of nitrogens with one attached hydrogen (secondary N) is 1. The van der Waals surface area contributed by atoms with Crippen LogP contribution in [0.15, 0.2) is 0 Å². The molecule has 0 atom stereocenters. The number of rotatable bonds is 8. The van der Waals surface area contributed by atoms with Gasteiger partial charge in [-0.1, -0.05) is 19.3 Å². The minimum Gasteiger partial charge on any atom is -0.481 e. The molecule has 1 aliphatic carbocycles. The van der Waals surface area contributed by atoms with Crippen LogP contribution in [0.3, 0.4) is 0 Å². The van der Waals surface area contributed by atoms with Crippen LogP contribution in [-0.4, -0.2) is 47.4 Å². The number of likely N-dealkylation sites (N-methyl/N-ethyl adjacent to an activating group) is 1. The Hall–Kier alpha value is -1.59. The van der Waals surface area contributed by atoms with E-state index in [1.807, 2.05) is 0 Å². The summed E-state index contributed by atoms with van der Waals surface area (Å²) in [4.78, 5) is 35.7. The van der Waals surface area contributed by atoms with Crippen LogP contribution in [0.1, 0.15) is 51.9 Å². The molecule has 2 amide bonds. The fourth-order valence-electron chi connectivity index (χ4n) is 2.70. The van der Waals surface area contributed by atoms with E-state index in [0.29, 0.717) is 18.9 Å². The van der Waals surface area contributed by atoms with Crippen molar-refractivity contribution in [3.63, 3.8) is 0 Å². The van der Waals surface area contributed by atoms with Crippen LogP contribution in [0.4, 0.5) is 0 Å². The van der Waals surface area contributed by atoms with Gasteiger partial charge in [-0.05, 0) is 25.7 Å². The second kappa shape index (κ2) is 9.37. The molecule has 1 aliphatic rings. The Morgan fingerprint density at radius 1 is 1.19 bits per heavy atom. The topological polar surface area (TPSA) is 86.7 Å². The first-order valence-electron chi connectivity index (χ1n) is 7.79. The predicted octanol–water partition coefficient (Wildman–Crippen LogP) is 1.40. The number of carbonyl (C=O) groups excluding carboxylic acids is 2. The lowest BCUT2D eigenvalue weighted by Crippen LogP contribution is -2.41. The molecule has 0 aliphatic heterocycles. The Kier molecular flexibility index (Phi) is 7.79. The van der Waals surface area contributed by atoms with E-state index < -0.39 is 5.97 Å². The first-order chi connectivity index (χ1) is 10.0. The molecule has 0 aromatic heterocycles. The second-order valence-corrected chi connectivity index (χ2v) is 5.60. The summed E-state index contributed by atoms with van der Waals surface area (Å²) in [5.74, 6) is -0.786. The highest BCUT2D eigenvalue weighted by molar-refractivity contribution is 5.85. The summed E-state index contributed by atoms with van der Waals surface area (Å²) < 4.78 is 0. The van der Waals surface area contributed by atoms with E-state index in [0.717, 1.165) is 12.8 Å². The van der Waals surface area contributed by atoms with Crippen molar-refractivity contribution in [2.45, 2.75) is 51.9 Å². The van der Waals surface area contributed by atoms with Crippen molar-refractivity contribution < 1.29 is 19.5 Å². The lowest BCUT2D eigenvalue weighted by atomic mass is 9.87. The molecule has 0 heterocycles. The van der Waals surface area contributed by atoms with E-state index in [1.165, 1.54) is 24.2 Å². The normalized spacial score (nSPS) is 15.5. The standard InChI is InChI=1S/C15H26N2O4/c1-2-17(9-8-15(20)21)14(19)11-16-13(18)10-12-6-4-3-5-7-12/h12H,2-11H2,1H3,(H,16,18)(H,20,21). The third kappa shape index (κ3) is 7.11. The lowest BCUT2D eigenvalue weighted by molar-refractivity contribution is -0.139. The quantitative estimate of drug-likeness (QED) is 0.709. The van der Waals surface area contributed by atoms with Gasteiger partial charge < -0.3 is 15.3 Å². The Labute approximate surface area is 125 Å². The minimum atomic E-state index is -0.928. The Balaban J connectivity index is 2.26. The van der Waals surface area contributed by atoms with E-state index in [9.17, 15) is 14.4 Å². The van der Waals surface area contributed by atoms with Crippen molar-refractivity contribution in [2.75, 3.05) is 19.6 Å². The average Bonchev–Trinajstić information content (AvgIpc) is 2.46. The molecule has 0 aromatic rings. The molecule has 0 spiro atoms. The molecule has 21 heavy (non-hydrogen) atoms. The number of carbonyl (C=O) groups is 3. The van der Waals surface area contributed by atoms with Gasteiger partial charge in [0, 0.05) is 19.5 Å².